The lowest BCUT2D eigenvalue weighted by Gasteiger charge is -2.07. The van der Waals surface area contributed by atoms with Gasteiger partial charge in [-0.05, 0) is 19.3 Å². The summed E-state index contributed by atoms with van der Waals surface area (Å²) in [4.78, 5) is 15.5. The van der Waals surface area contributed by atoms with E-state index in [1.165, 1.54) is 0 Å². The number of thiazole rings is 1. The van der Waals surface area contributed by atoms with Gasteiger partial charge in [-0.15, -0.1) is 16.4 Å². The molecular weight excluding hydrogens is 264 g/mol. The second-order valence-corrected chi connectivity index (χ2v) is 5.87. The van der Waals surface area contributed by atoms with Crippen LogP contribution in [0.3, 0.4) is 0 Å². The lowest BCUT2D eigenvalue weighted by molar-refractivity contribution is 0.0689. The third-order valence-electron chi connectivity index (χ3n) is 2.62. The molecule has 0 aliphatic rings. The highest BCUT2D eigenvalue weighted by molar-refractivity contribution is 7.09. The smallest absolute Gasteiger partial charge is 0.358 e. The largest absolute Gasteiger partial charge is 0.476 e. The van der Waals surface area contributed by atoms with E-state index in [0.29, 0.717) is 24.6 Å². The summed E-state index contributed by atoms with van der Waals surface area (Å²) in [5, 5.41) is 19.8. The first-order valence-corrected chi connectivity index (χ1v) is 6.92. The number of hydrogen-bond acceptors (Lipinski definition) is 5. The molecule has 0 unspecified atom stereocenters. The van der Waals surface area contributed by atoms with Gasteiger partial charge in [-0.25, -0.2) is 14.5 Å². The molecule has 0 spiro atoms. The summed E-state index contributed by atoms with van der Waals surface area (Å²) in [6.07, 6.45) is 0.637. The van der Waals surface area contributed by atoms with Crippen LogP contribution in [0.1, 0.15) is 40.7 Å². The number of carboxylic acid groups (broad SMARTS) is 1. The highest BCUT2D eigenvalue weighted by atomic mass is 32.1. The Kier molecular flexibility index (Phi) is 3.94. The molecule has 2 heterocycles. The Labute approximate surface area is 115 Å². The van der Waals surface area contributed by atoms with Crippen LogP contribution in [-0.2, 0) is 13.0 Å². The van der Waals surface area contributed by atoms with Crippen LogP contribution >= 0.6 is 11.3 Å². The Morgan fingerprint density at radius 3 is 2.79 bits per heavy atom. The maximum atomic E-state index is 11.1. The minimum Gasteiger partial charge on any atom is -0.476 e. The second-order valence-electron chi connectivity index (χ2n) is 4.80. The Morgan fingerprint density at radius 2 is 2.26 bits per heavy atom. The molecule has 0 saturated heterocycles. The first kappa shape index (κ1) is 13.7. The van der Waals surface area contributed by atoms with Gasteiger partial charge < -0.3 is 5.11 Å². The van der Waals surface area contributed by atoms with Gasteiger partial charge in [0.15, 0.2) is 5.69 Å². The van der Waals surface area contributed by atoms with Crippen molar-refractivity contribution in [3.8, 4) is 0 Å². The number of hydrogen-bond donors (Lipinski definition) is 1. The van der Waals surface area contributed by atoms with E-state index in [1.807, 2.05) is 26.2 Å². The van der Waals surface area contributed by atoms with Gasteiger partial charge in [0, 0.05) is 5.38 Å². The zero-order valence-corrected chi connectivity index (χ0v) is 11.9. The van der Waals surface area contributed by atoms with E-state index in [9.17, 15) is 4.79 Å². The molecule has 7 heteroatoms. The Balaban J connectivity index is 2.31. The summed E-state index contributed by atoms with van der Waals surface area (Å²) >= 11 is 1.57. The van der Waals surface area contributed by atoms with E-state index in [0.717, 1.165) is 10.7 Å². The first-order chi connectivity index (χ1) is 8.97. The lowest BCUT2D eigenvalue weighted by atomic mass is 10.1. The van der Waals surface area contributed by atoms with Gasteiger partial charge in [-0.1, -0.05) is 19.1 Å². The molecule has 6 nitrogen and oxygen atoms in total. The summed E-state index contributed by atoms with van der Waals surface area (Å²) in [7, 11) is 0. The summed E-state index contributed by atoms with van der Waals surface area (Å²) in [5.41, 5.74) is 1.59. The molecule has 19 heavy (non-hydrogen) atoms. The lowest BCUT2D eigenvalue weighted by Crippen LogP contribution is -2.12. The van der Waals surface area contributed by atoms with Crippen LogP contribution in [0.5, 0.6) is 0 Å². The minimum atomic E-state index is -1.03. The molecular formula is C12H16N4O2S. The van der Waals surface area contributed by atoms with Gasteiger partial charge in [0.05, 0.1) is 22.9 Å². The van der Waals surface area contributed by atoms with Crippen molar-refractivity contribution in [2.45, 2.75) is 33.7 Å². The van der Waals surface area contributed by atoms with Crippen molar-refractivity contribution in [1.82, 2.24) is 20.0 Å². The molecule has 2 aromatic rings. The second kappa shape index (κ2) is 5.48. The molecule has 0 amide bonds. The number of nitrogens with zero attached hydrogens (tertiary/aromatic N) is 4. The number of rotatable bonds is 5. The summed E-state index contributed by atoms with van der Waals surface area (Å²) in [5.74, 6) is -0.691. The van der Waals surface area contributed by atoms with E-state index < -0.39 is 5.97 Å². The SMILES string of the molecule is Cc1nc(Cn2nnc(C(=O)O)c2CC(C)C)cs1. The summed E-state index contributed by atoms with van der Waals surface area (Å²) in [6, 6.07) is 0. The number of carboxylic acids is 1. The van der Waals surface area contributed by atoms with Crippen molar-refractivity contribution in [2.75, 3.05) is 0 Å². The Morgan fingerprint density at radius 1 is 1.53 bits per heavy atom. The average molecular weight is 280 g/mol. The van der Waals surface area contributed by atoms with E-state index in [1.54, 1.807) is 16.0 Å². The Bertz CT molecular complexity index is 588. The molecule has 0 aliphatic heterocycles. The van der Waals surface area contributed by atoms with Gasteiger partial charge in [0.25, 0.3) is 0 Å². The van der Waals surface area contributed by atoms with Crippen LogP contribution in [0.15, 0.2) is 5.38 Å². The van der Waals surface area contributed by atoms with Crippen molar-refractivity contribution in [1.29, 1.82) is 0 Å². The maximum Gasteiger partial charge on any atom is 0.358 e. The molecule has 0 fully saturated rings. The molecule has 0 bridgehead atoms. The zero-order valence-electron chi connectivity index (χ0n) is 11.1. The summed E-state index contributed by atoms with van der Waals surface area (Å²) < 4.78 is 1.64. The Hall–Kier alpha value is -1.76. The zero-order chi connectivity index (χ0) is 14.0. The van der Waals surface area contributed by atoms with E-state index in [2.05, 4.69) is 15.3 Å². The average Bonchev–Trinajstić information content (AvgIpc) is 2.87. The van der Waals surface area contributed by atoms with E-state index in [-0.39, 0.29) is 5.69 Å². The van der Waals surface area contributed by atoms with Crippen LogP contribution in [0, 0.1) is 12.8 Å². The summed E-state index contributed by atoms with van der Waals surface area (Å²) in [6.45, 7) is 6.48. The highest BCUT2D eigenvalue weighted by Gasteiger charge is 2.20. The van der Waals surface area contributed by atoms with Crippen LogP contribution in [0.2, 0.25) is 0 Å². The quantitative estimate of drug-likeness (QED) is 0.905. The fourth-order valence-electron chi connectivity index (χ4n) is 1.85. The molecule has 1 N–H and O–H groups in total. The molecule has 2 aromatic heterocycles. The highest BCUT2D eigenvalue weighted by Crippen LogP contribution is 2.15. The number of aryl methyl sites for hydroxylation is 1. The standard InChI is InChI=1S/C12H16N4O2S/c1-7(2)4-10-11(12(17)18)14-15-16(10)5-9-6-19-8(3)13-9/h6-7H,4-5H2,1-3H3,(H,17,18). The third-order valence-corrected chi connectivity index (χ3v) is 3.44. The number of aromatic carboxylic acids is 1. The number of aromatic nitrogens is 4. The molecule has 0 atom stereocenters. The topological polar surface area (TPSA) is 80.9 Å². The predicted octanol–water partition coefficient (Wildman–Crippen LogP) is 1.99. The van der Waals surface area contributed by atoms with Crippen molar-refractivity contribution in [2.24, 2.45) is 5.92 Å². The van der Waals surface area contributed by atoms with Crippen molar-refractivity contribution in [3.05, 3.63) is 27.5 Å². The van der Waals surface area contributed by atoms with Crippen LogP contribution < -0.4 is 0 Å². The molecule has 0 saturated carbocycles. The van der Waals surface area contributed by atoms with Crippen molar-refractivity contribution < 1.29 is 9.90 Å². The van der Waals surface area contributed by atoms with Crippen LogP contribution in [0.25, 0.3) is 0 Å². The van der Waals surface area contributed by atoms with E-state index in [4.69, 9.17) is 5.11 Å². The van der Waals surface area contributed by atoms with Gasteiger partial charge in [0.1, 0.15) is 0 Å². The maximum absolute atomic E-state index is 11.1. The minimum absolute atomic E-state index is 0.0423. The first-order valence-electron chi connectivity index (χ1n) is 6.04. The normalized spacial score (nSPS) is 11.2. The monoisotopic (exact) mass is 280 g/mol. The predicted molar refractivity (Wildman–Crippen MR) is 71.5 cm³/mol. The fourth-order valence-corrected chi connectivity index (χ4v) is 2.45. The molecule has 2 rings (SSSR count). The van der Waals surface area contributed by atoms with Crippen molar-refractivity contribution >= 4 is 17.3 Å². The van der Waals surface area contributed by atoms with Gasteiger partial charge >= 0.3 is 5.97 Å². The third kappa shape index (κ3) is 3.17. The number of carbonyl (C=O) groups is 1. The molecule has 0 radical (unpaired) electrons. The molecule has 102 valence electrons. The van der Waals surface area contributed by atoms with Crippen LogP contribution in [-0.4, -0.2) is 31.1 Å². The molecule has 0 aromatic carbocycles. The van der Waals surface area contributed by atoms with Crippen LogP contribution in [0.4, 0.5) is 0 Å². The van der Waals surface area contributed by atoms with Gasteiger partial charge in [0.2, 0.25) is 0 Å². The van der Waals surface area contributed by atoms with Gasteiger partial charge in [-0.2, -0.15) is 0 Å². The molecule has 0 aliphatic carbocycles. The van der Waals surface area contributed by atoms with Crippen molar-refractivity contribution in [3.63, 3.8) is 0 Å². The van der Waals surface area contributed by atoms with E-state index >= 15 is 0 Å². The van der Waals surface area contributed by atoms with Gasteiger partial charge in [-0.3, -0.25) is 0 Å². The fraction of sp³-hybridized carbons (Fsp3) is 0.500.